The standard InChI is InChI=1S/C18H19ClO2/c1-2-21-18(20)15-5-3-4-14(11-15)17(19)16-10-12-6-8-13(16)9-7-12/h3-6,8,11-13H,2,7,9-10H2,1H3/b17-16+. The molecule has 3 aliphatic rings. The van der Waals surface area contributed by atoms with Gasteiger partial charge in [-0.25, -0.2) is 4.79 Å². The molecule has 110 valence electrons. The van der Waals surface area contributed by atoms with Gasteiger partial charge in [0.15, 0.2) is 0 Å². The van der Waals surface area contributed by atoms with Gasteiger partial charge in [0.25, 0.3) is 0 Å². The normalized spacial score (nSPS) is 25.8. The molecule has 2 nitrogen and oxygen atoms in total. The van der Waals surface area contributed by atoms with E-state index in [1.807, 2.05) is 25.1 Å². The van der Waals surface area contributed by atoms with Crippen molar-refractivity contribution in [3.05, 3.63) is 53.1 Å². The first-order chi connectivity index (χ1) is 10.2. The Balaban J connectivity index is 1.92. The Morgan fingerprint density at radius 1 is 1.29 bits per heavy atom. The number of ether oxygens (including phenoxy) is 1. The third-order valence-corrected chi connectivity index (χ3v) is 4.76. The van der Waals surface area contributed by atoms with Crippen LogP contribution in [0.1, 0.15) is 42.1 Å². The van der Waals surface area contributed by atoms with Crippen molar-refractivity contribution in [1.29, 1.82) is 0 Å². The maximum atomic E-state index is 11.8. The van der Waals surface area contributed by atoms with Gasteiger partial charge < -0.3 is 4.74 Å². The lowest BCUT2D eigenvalue weighted by Crippen LogP contribution is -2.20. The highest BCUT2D eigenvalue weighted by Gasteiger charge is 2.29. The van der Waals surface area contributed by atoms with Gasteiger partial charge in [0.05, 0.1) is 12.2 Å². The minimum atomic E-state index is -0.293. The van der Waals surface area contributed by atoms with Crippen LogP contribution in [-0.2, 0) is 4.74 Å². The molecule has 1 fully saturated rings. The molecule has 0 aliphatic heterocycles. The number of rotatable bonds is 3. The maximum absolute atomic E-state index is 11.8. The summed E-state index contributed by atoms with van der Waals surface area (Å²) < 4.78 is 5.05. The summed E-state index contributed by atoms with van der Waals surface area (Å²) in [7, 11) is 0. The summed E-state index contributed by atoms with van der Waals surface area (Å²) >= 11 is 6.63. The molecule has 1 aromatic rings. The number of hydrogen-bond donors (Lipinski definition) is 0. The summed E-state index contributed by atoms with van der Waals surface area (Å²) in [4.78, 5) is 11.8. The van der Waals surface area contributed by atoms with Gasteiger partial charge in [0.2, 0.25) is 0 Å². The zero-order chi connectivity index (χ0) is 14.8. The summed E-state index contributed by atoms with van der Waals surface area (Å²) in [6.07, 6.45) is 8.09. The quantitative estimate of drug-likeness (QED) is 0.592. The molecule has 21 heavy (non-hydrogen) atoms. The van der Waals surface area contributed by atoms with Crippen LogP contribution in [0.4, 0.5) is 0 Å². The number of fused-ring (bicyclic) bond motifs is 2. The maximum Gasteiger partial charge on any atom is 0.338 e. The molecule has 0 amide bonds. The lowest BCUT2D eigenvalue weighted by Gasteiger charge is -2.34. The van der Waals surface area contributed by atoms with Gasteiger partial charge >= 0.3 is 5.97 Å². The lowest BCUT2D eigenvalue weighted by molar-refractivity contribution is 0.0526. The topological polar surface area (TPSA) is 26.3 Å². The van der Waals surface area contributed by atoms with Crippen molar-refractivity contribution < 1.29 is 9.53 Å². The van der Waals surface area contributed by atoms with Crippen molar-refractivity contribution >= 4 is 22.6 Å². The molecular weight excluding hydrogens is 284 g/mol. The number of carbonyl (C=O) groups is 1. The summed E-state index contributed by atoms with van der Waals surface area (Å²) in [5, 5.41) is 0.806. The molecule has 0 aromatic heterocycles. The van der Waals surface area contributed by atoms with Gasteiger partial charge in [-0.15, -0.1) is 0 Å². The predicted octanol–water partition coefficient (Wildman–Crippen LogP) is 4.80. The number of carbonyl (C=O) groups excluding carboxylic acids is 1. The first-order valence-corrected chi connectivity index (χ1v) is 7.91. The zero-order valence-electron chi connectivity index (χ0n) is 12.1. The number of allylic oxidation sites excluding steroid dienone is 3. The van der Waals surface area contributed by atoms with Crippen LogP contribution in [0.5, 0.6) is 0 Å². The average molecular weight is 303 g/mol. The van der Waals surface area contributed by atoms with E-state index in [-0.39, 0.29) is 5.97 Å². The second kappa shape index (κ2) is 6.07. The van der Waals surface area contributed by atoms with E-state index in [1.165, 1.54) is 18.4 Å². The Morgan fingerprint density at radius 2 is 2.10 bits per heavy atom. The van der Waals surface area contributed by atoms with E-state index in [9.17, 15) is 4.79 Å². The van der Waals surface area contributed by atoms with Gasteiger partial charge in [-0.05, 0) is 61.3 Å². The molecular formula is C18H19ClO2. The smallest absolute Gasteiger partial charge is 0.338 e. The number of benzene rings is 1. The third kappa shape index (κ3) is 2.91. The summed E-state index contributed by atoms with van der Waals surface area (Å²) in [5.41, 5.74) is 2.79. The van der Waals surface area contributed by atoms with Crippen LogP contribution in [0.2, 0.25) is 0 Å². The van der Waals surface area contributed by atoms with Crippen molar-refractivity contribution in [2.45, 2.75) is 26.2 Å². The Bertz CT molecular complexity index is 615. The molecule has 0 saturated heterocycles. The summed E-state index contributed by atoms with van der Waals surface area (Å²) in [6, 6.07) is 7.42. The van der Waals surface area contributed by atoms with Crippen LogP contribution in [0, 0.1) is 11.8 Å². The zero-order valence-corrected chi connectivity index (χ0v) is 12.9. The fraction of sp³-hybridized carbons (Fsp3) is 0.389. The van der Waals surface area contributed by atoms with E-state index in [0.29, 0.717) is 24.0 Å². The van der Waals surface area contributed by atoms with E-state index in [0.717, 1.165) is 17.0 Å². The SMILES string of the molecule is CCOC(=O)c1cccc(/C(Cl)=C2/CC3C=CC2CC3)c1. The van der Waals surface area contributed by atoms with E-state index in [2.05, 4.69) is 12.2 Å². The Morgan fingerprint density at radius 3 is 2.71 bits per heavy atom. The average Bonchev–Trinajstić information content (AvgIpc) is 2.55. The second-order valence-electron chi connectivity index (χ2n) is 5.67. The van der Waals surface area contributed by atoms with Gasteiger partial charge in [-0.2, -0.15) is 0 Å². The van der Waals surface area contributed by atoms with Crippen LogP contribution in [0.25, 0.3) is 5.03 Å². The molecule has 0 N–H and O–H groups in total. The molecule has 2 bridgehead atoms. The molecule has 3 aliphatic carbocycles. The Labute approximate surface area is 130 Å². The van der Waals surface area contributed by atoms with Crippen LogP contribution in [0.15, 0.2) is 42.0 Å². The molecule has 2 unspecified atom stereocenters. The van der Waals surface area contributed by atoms with E-state index < -0.39 is 0 Å². The first kappa shape index (κ1) is 14.4. The molecule has 0 radical (unpaired) electrons. The number of halogens is 1. The first-order valence-electron chi connectivity index (χ1n) is 7.53. The van der Waals surface area contributed by atoms with Crippen molar-refractivity contribution in [2.75, 3.05) is 6.61 Å². The van der Waals surface area contributed by atoms with Crippen molar-refractivity contribution in [3.63, 3.8) is 0 Å². The molecule has 1 aromatic carbocycles. The second-order valence-corrected chi connectivity index (χ2v) is 6.05. The molecule has 3 heteroatoms. The molecule has 1 saturated carbocycles. The van der Waals surface area contributed by atoms with Crippen LogP contribution in [-0.4, -0.2) is 12.6 Å². The van der Waals surface area contributed by atoms with Crippen molar-refractivity contribution in [3.8, 4) is 0 Å². The highest BCUT2D eigenvalue weighted by molar-refractivity contribution is 6.49. The lowest BCUT2D eigenvalue weighted by atomic mass is 9.72. The van der Waals surface area contributed by atoms with Gasteiger partial charge in [-0.1, -0.05) is 35.9 Å². The fourth-order valence-corrected chi connectivity index (χ4v) is 3.54. The summed E-state index contributed by atoms with van der Waals surface area (Å²) in [5.74, 6) is 0.805. The van der Waals surface area contributed by atoms with Crippen LogP contribution in [0.3, 0.4) is 0 Å². The van der Waals surface area contributed by atoms with Crippen molar-refractivity contribution in [1.82, 2.24) is 0 Å². The minimum absolute atomic E-state index is 0.293. The highest BCUT2D eigenvalue weighted by Crippen LogP contribution is 2.44. The third-order valence-electron chi connectivity index (χ3n) is 4.30. The Kier molecular flexibility index (Phi) is 4.16. The molecule has 0 heterocycles. The van der Waals surface area contributed by atoms with Gasteiger partial charge in [-0.3, -0.25) is 0 Å². The monoisotopic (exact) mass is 302 g/mol. The van der Waals surface area contributed by atoms with E-state index >= 15 is 0 Å². The Hall–Kier alpha value is -1.54. The van der Waals surface area contributed by atoms with E-state index in [1.54, 1.807) is 6.07 Å². The molecule has 0 spiro atoms. The van der Waals surface area contributed by atoms with Gasteiger partial charge in [0, 0.05) is 5.03 Å². The van der Waals surface area contributed by atoms with Gasteiger partial charge in [0.1, 0.15) is 0 Å². The van der Waals surface area contributed by atoms with Crippen LogP contribution < -0.4 is 0 Å². The predicted molar refractivity (Wildman–Crippen MR) is 85.1 cm³/mol. The number of esters is 1. The highest BCUT2D eigenvalue weighted by atomic mass is 35.5. The summed E-state index contributed by atoms with van der Waals surface area (Å²) in [6.45, 7) is 2.19. The van der Waals surface area contributed by atoms with Crippen molar-refractivity contribution in [2.24, 2.45) is 11.8 Å². The molecule has 4 rings (SSSR count). The number of hydrogen-bond acceptors (Lipinski definition) is 2. The molecule has 2 atom stereocenters. The fourth-order valence-electron chi connectivity index (χ4n) is 3.21. The minimum Gasteiger partial charge on any atom is -0.462 e. The van der Waals surface area contributed by atoms with E-state index in [4.69, 9.17) is 16.3 Å². The van der Waals surface area contributed by atoms with Crippen LogP contribution >= 0.6 is 11.6 Å². The largest absolute Gasteiger partial charge is 0.462 e.